The van der Waals surface area contributed by atoms with Gasteiger partial charge in [-0.25, -0.2) is 4.39 Å². The fraction of sp³-hybridized carbons (Fsp3) is 0.0526. The Morgan fingerprint density at radius 2 is 1.78 bits per heavy atom. The summed E-state index contributed by atoms with van der Waals surface area (Å²) in [6, 6.07) is 15.8. The summed E-state index contributed by atoms with van der Waals surface area (Å²) in [4.78, 5) is 23.9. The fourth-order valence-electron chi connectivity index (χ4n) is 2.18. The summed E-state index contributed by atoms with van der Waals surface area (Å²) in [5, 5.41) is 0. The number of furan rings is 1. The van der Waals surface area contributed by atoms with Gasteiger partial charge in [-0.15, -0.1) is 0 Å². The minimum atomic E-state index is -0.772. The van der Waals surface area contributed by atoms with E-state index in [4.69, 9.17) is 9.15 Å². The standard InChI is InChI=1S/C19H14BrFN2O4/c20-12-4-3-5-13(10-12)26-11-14-8-9-17(27-14)19(25)23-22-18(24)15-6-1-2-7-16(15)21/h1-10H,11H2,(H,22,24)(H,23,25). The zero-order valence-corrected chi connectivity index (χ0v) is 15.5. The van der Waals surface area contributed by atoms with E-state index in [1.165, 1.54) is 24.3 Å². The lowest BCUT2D eigenvalue weighted by Gasteiger charge is -2.07. The van der Waals surface area contributed by atoms with Crippen molar-refractivity contribution in [3.05, 3.63) is 88.0 Å². The molecule has 0 radical (unpaired) electrons. The maximum atomic E-state index is 13.5. The molecule has 27 heavy (non-hydrogen) atoms. The molecular weight excluding hydrogens is 419 g/mol. The maximum absolute atomic E-state index is 13.5. The van der Waals surface area contributed by atoms with Crippen molar-refractivity contribution in [3.63, 3.8) is 0 Å². The molecule has 0 aliphatic carbocycles. The molecule has 3 rings (SSSR count). The number of benzene rings is 2. The number of ether oxygens (including phenoxy) is 1. The highest BCUT2D eigenvalue weighted by Gasteiger charge is 2.15. The summed E-state index contributed by atoms with van der Waals surface area (Å²) in [7, 11) is 0. The monoisotopic (exact) mass is 432 g/mol. The first-order valence-corrected chi connectivity index (χ1v) is 8.64. The van der Waals surface area contributed by atoms with Crippen LogP contribution in [0.5, 0.6) is 5.75 Å². The number of hydrogen-bond donors (Lipinski definition) is 2. The molecule has 2 amide bonds. The summed E-state index contributed by atoms with van der Waals surface area (Å²) in [5.74, 6) is -1.07. The summed E-state index contributed by atoms with van der Waals surface area (Å²) in [6.45, 7) is 0.130. The normalized spacial score (nSPS) is 10.3. The summed E-state index contributed by atoms with van der Waals surface area (Å²) in [6.07, 6.45) is 0. The minimum absolute atomic E-state index is 0.0170. The highest BCUT2D eigenvalue weighted by molar-refractivity contribution is 9.10. The van der Waals surface area contributed by atoms with E-state index in [2.05, 4.69) is 26.8 Å². The predicted molar refractivity (Wildman–Crippen MR) is 98.5 cm³/mol. The van der Waals surface area contributed by atoms with Crippen LogP contribution in [0, 0.1) is 5.82 Å². The number of nitrogens with one attached hydrogen (secondary N) is 2. The van der Waals surface area contributed by atoms with Crippen molar-refractivity contribution in [2.45, 2.75) is 6.61 Å². The minimum Gasteiger partial charge on any atom is -0.486 e. The van der Waals surface area contributed by atoms with Crippen LogP contribution in [0.1, 0.15) is 26.7 Å². The SMILES string of the molecule is O=C(NNC(=O)c1ccccc1F)c1ccc(COc2cccc(Br)c2)o1. The lowest BCUT2D eigenvalue weighted by Crippen LogP contribution is -2.41. The van der Waals surface area contributed by atoms with Gasteiger partial charge in [-0.3, -0.25) is 20.4 Å². The van der Waals surface area contributed by atoms with Crippen LogP contribution in [-0.4, -0.2) is 11.8 Å². The predicted octanol–water partition coefficient (Wildman–Crippen LogP) is 3.84. The third-order valence-corrected chi connectivity index (χ3v) is 3.96. The zero-order valence-electron chi connectivity index (χ0n) is 13.9. The van der Waals surface area contributed by atoms with Crippen LogP contribution in [0.2, 0.25) is 0 Å². The molecule has 2 aromatic carbocycles. The molecule has 0 saturated carbocycles. The second-order valence-corrected chi connectivity index (χ2v) is 6.32. The van der Waals surface area contributed by atoms with Gasteiger partial charge >= 0.3 is 5.91 Å². The molecule has 0 aliphatic rings. The van der Waals surface area contributed by atoms with Gasteiger partial charge in [0.1, 0.15) is 23.9 Å². The van der Waals surface area contributed by atoms with Gasteiger partial charge in [-0.2, -0.15) is 0 Å². The second kappa shape index (κ2) is 8.50. The van der Waals surface area contributed by atoms with Crippen molar-refractivity contribution in [3.8, 4) is 5.75 Å². The van der Waals surface area contributed by atoms with Gasteiger partial charge in [-0.05, 0) is 42.5 Å². The molecule has 0 bridgehead atoms. The Kier molecular flexibility index (Phi) is 5.87. The van der Waals surface area contributed by atoms with E-state index in [0.717, 1.165) is 10.5 Å². The molecule has 1 aromatic heterocycles. The average Bonchev–Trinajstić information content (AvgIpc) is 3.14. The molecule has 138 valence electrons. The first-order chi connectivity index (χ1) is 13.0. The van der Waals surface area contributed by atoms with Gasteiger partial charge in [0, 0.05) is 4.47 Å². The Morgan fingerprint density at radius 3 is 2.56 bits per heavy atom. The molecule has 0 fully saturated rings. The van der Waals surface area contributed by atoms with Crippen molar-refractivity contribution in [1.29, 1.82) is 0 Å². The molecule has 6 nitrogen and oxygen atoms in total. The van der Waals surface area contributed by atoms with Crippen LogP contribution in [-0.2, 0) is 6.61 Å². The molecule has 2 N–H and O–H groups in total. The molecule has 0 unspecified atom stereocenters. The highest BCUT2D eigenvalue weighted by atomic mass is 79.9. The van der Waals surface area contributed by atoms with Crippen LogP contribution in [0.15, 0.2) is 69.6 Å². The first kappa shape index (κ1) is 18.7. The van der Waals surface area contributed by atoms with Gasteiger partial charge in [0.25, 0.3) is 5.91 Å². The molecule has 8 heteroatoms. The Balaban J connectivity index is 1.54. The number of hydrazine groups is 1. The molecular formula is C19H14BrFN2O4. The van der Waals surface area contributed by atoms with Crippen LogP contribution in [0.3, 0.4) is 0 Å². The van der Waals surface area contributed by atoms with E-state index in [-0.39, 0.29) is 17.9 Å². The topological polar surface area (TPSA) is 80.6 Å². The van der Waals surface area contributed by atoms with Crippen LogP contribution >= 0.6 is 15.9 Å². The van der Waals surface area contributed by atoms with Gasteiger partial charge in [0.2, 0.25) is 0 Å². The van der Waals surface area contributed by atoms with Gasteiger partial charge < -0.3 is 9.15 Å². The lowest BCUT2D eigenvalue weighted by atomic mass is 10.2. The van der Waals surface area contributed by atoms with Crippen molar-refractivity contribution >= 4 is 27.7 Å². The third-order valence-electron chi connectivity index (χ3n) is 3.47. The van der Waals surface area contributed by atoms with E-state index < -0.39 is 17.6 Å². The first-order valence-electron chi connectivity index (χ1n) is 7.85. The smallest absolute Gasteiger partial charge is 0.305 e. The fourth-order valence-corrected chi connectivity index (χ4v) is 2.55. The Morgan fingerprint density at radius 1 is 1.00 bits per heavy atom. The zero-order chi connectivity index (χ0) is 19.2. The molecule has 1 heterocycles. The van der Waals surface area contributed by atoms with E-state index >= 15 is 0 Å². The van der Waals surface area contributed by atoms with Crippen molar-refractivity contribution < 1.29 is 23.1 Å². The lowest BCUT2D eigenvalue weighted by molar-refractivity contribution is 0.0826. The molecule has 0 aliphatic heterocycles. The van der Waals surface area contributed by atoms with Gasteiger partial charge in [-0.1, -0.05) is 34.1 Å². The second-order valence-electron chi connectivity index (χ2n) is 5.40. The third kappa shape index (κ3) is 4.95. The highest BCUT2D eigenvalue weighted by Crippen LogP contribution is 2.19. The number of carbonyl (C=O) groups is 2. The van der Waals surface area contributed by atoms with Gasteiger partial charge in [0.05, 0.1) is 5.56 Å². The van der Waals surface area contributed by atoms with Crippen LogP contribution in [0.4, 0.5) is 4.39 Å². The summed E-state index contributed by atoms with van der Waals surface area (Å²) >= 11 is 3.35. The number of halogens is 2. The largest absolute Gasteiger partial charge is 0.486 e. The number of hydrogen-bond acceptors (Lipinski definition) is 4. The van der Waals surface area contributed by atoms with Crippen molar-refractivity contribution in [2.75, 3.05) is 0 Å². The van der Waals surface area contributed by atoms with E-state index in [9.17, 15) is 14.0 Å². The number of rotatable bonds is 5. The Hall–Kier alpha value is -3.13. The van der Waals surface area contributed by atoms with Crippen molar-refractivity contribution in [1.82, 2.24) is 10.9 Å². The number of amides is 2. The van der Waals surface area contributed by atoms with E-state index in [1.54, 1.807) is 18.2 Å². The Labute approximate surface area is 162 Å². The Bertz CT molecular complexity index is 974. The summed E-state index contributed by atoms with van der Waals surface area (Å²) < 4.78 is 25.4. The molecule has 0 spiro atoms. The maximum Gasteiger partial charge on any atom is 0.305 e. The van der Waals surface area contributed by atoms with Crippen molar-refractivity contribution in [2.24, 2.45) is 0 Å². The quantitative estimate of drug-likeness (QED) is 0.600. The van der Waals surface area contributed by atoms with Crippen LogP contribution < -0.4 is 15.6 Å². The number of carbonyl (C=O) groups excluding carboxylic acids is 2. The summed E-state index contributed by atoms with van der Waals surface area (Å²) in [5.41, 5.74) is 4.13. The molecule has 0 atom stereocenters. The van der Waals surface area contributed by atoms with Crippen LogP contribution in [0.25, 0.3) is 0 Å². The molecule has 3 aromatic rings. The average molecular weight is 433 g/mol. The molecule has 0 saturated heterocycles. The van der Waals surface area contributed by atoms with Gasteiger partial charge in [0.15, 0.2) is 5.76 Å². The van der Waals surface area contributed by atoms with E-state index in [1.807, 2.05) is 12.1 Å². The van der Waals surface area contributed by atoms with E-state index in [0.29, 0.717) is 11.5 Å².